The normalized spacial score (nSPS) is 10.4. The third-order valence-corrected chi connectivity index (χ3v) is 4.14. The summed E-state index contributed by atoms with van der Waals surface area (Å²) >= 11 is 0. The van der Waals surface area contributed by atoms with E-state index < -0.39 is 0 Å². The SMILES string of the molecule is COc1cc(CCC(=O)NCc2cccnc2-n2ccnc2)cc(OC)c1. The molecule has 0 bridgehead atoms. The molecular formula is C20H22N4O3. The lowest BCUT2D eigenvalue weighted by atomic mass is 10.1. The number of carbonyl (C=O) groups excluding carboxylic acids is 1. The first kappa shape index (κ1) is 18.4. The van der Waals surface area contributed by atoms with Gasteiger partial charge in [0.05, 0.1) is 14.2 Å². The van der Waals surface area contributed by atoms with Gasteiger partial charge in [0.2, 0.25) is 5.91 Å². The molecule has 1 amide bonds. The number of ether oxygens (including phenoxy) is 2. The topological polar surface area (TPSA) is 78.3 Å². The predicted octanol–water partition coefficient (Wildman–Crippen LogP) is 2.53. The van der Waals surface area contributed by atoms with Crippen molar-refractivity contribution < 1.29 is 14.3 Å². The summed E-state index contributed by atoms with van der Waals surface area (Å²) in [6, 6.07) is 9.42. The van der Waals surface area contributed by atoms with Gasteiger partial charge in [-0.15, -0.1) is 0 Å². The molecule has 0 fully saturated rings. The molecule has 0 saturated heterocycles. The van der Waals surface area contributed by atoms with Gasteiger partial charge in [-0.3, -0.25) is 9.36 Å². The van der Waals surface area contributed by atoms with E-state index in [4.69, 9.17) is 9.47 Å². The molecule has 0 aliphatic rings. The maximum Gasteiger partial charge on any atom is 0.220 e. The standard InChI is InChI=1S/C20H22N4O3/c1-26-17-10-15(11-18(12-17)27-2)5-6-19(25)23-13-16-4-3-7-22-20(16)24-9-8-21-14-24/h3-4,7-12,14H,5-6,13H2,1-2H3,(H,23,25). The largest absolute Gasteiger partial charge is 0.497 e. The Morgan fingerprint density at radius 1 is 1.15 bits per heavy atom. The minimum atomic E-state index is -0.0304. The summed E-state index contributed by atoms with van der Waals surface area (Å²) < 4.78 is 12.3. The Hall–Kier alpha value is -3.35. The van der Waals surface area contributed by atoms with Crippen molar-refractivity contribution in [3.05, 3.63) is 66.4 Å². The van der Waals surface area contributed by atoms with Crippen molar-refractivity contribution >= 4 is 5.91 Å². The minimum absolute atomic E-state index is 0.0304. The van der Waals surface area contributed by atoms with Gasteiger partial charge in [-0.2, -0.15) is 0 Å². The first-order valence-electron chi connectivity index (χ1n) is 8.60. The monoisotopic (exact) mass is 366 g/mol. The number of methoxy groups -OCH3 is 2. The van der Waals surface area contributed by atoms with Crippen LogP contribution in [0.5, 0.6) is 11.5 Å². The molecule has 7 nitrogen and oxygen atoms in total. The fourth-order valence-electron chi connectivity index (χ4n) is 2.74. The molecule has 0 aliphatic heterocycles. The van der Waals surface area contributed by atoms with Crippen molar-refractivity contribution in [2.45, 2.75) is 19.4 Å². The van der Waals surface area contributed by atoms with E-state index in [0.717, 1.165) is 16.9 Å². The summed E-state index contributed by atoms with van der Waals surface area (Å²) in [5.41, 5.74) is 1.91. The van der Waals surface area contributed by atoms with Gasteiger partial charge in [0.25, 0.3) is 0 Å². The second-order valence-corrected chi connectivity index (χ2v) is 5.95. The van der Waals surface area contributed by atoms with Gasteiger partial charge in [-0.1, -0.05) is 6.07 Å². The average molecular weight is 366 g/mol. The Labute approximate surface area is 158 Å². The Kier molecular flexibility index (Phi) is 6.04. The van der Waals surface area contributed by atoms with E-state index in [9.17, 15) is 4.79 Å². The summed E-state index contributed by atoms with van der Waals surface area (Å²) in [5.74, 6) is 2.15. The number of benzene rings is 1. The maximum atomic E-state index is 12.3. The van der Waals surface area contributed by atoms with Crippen molar-refractivity contribution in [3.63, 3.8) is 0 Å². The zero-order valence-electron chi connectivity index (χ0n) is 15.4. The highest BCUT2D eigenvalue weighted by Gasteiger charge is 2.09. The molecule has 3 aromatic rings. The molecular weight excluding hydrogens is 344 g/mol. The number of hydrogen-bond donors (Lipinski definition) is 1. The Morgan fingerprint density at radius 3 is 2.59 bits per heavy atom. The molecule has 0 spiro atoms. The minimum Gasteiger partial charge on any atom is -0.497 e. The van der Waals surface area contributed by atoms with Crippen LogP contribution in [-0.2, 0) is 17.8 Å². The van der Waals surface area contributed by atoms with E-state index in [1.165, 1.54) is 0 Å². The third-order valence-electron chi connectivity index (χ3n) is 4.14. The number of carbonyl (C=O) groups is 1. The molecule has 27 heavy (non-hydrogen) atoms. The fourth-order valence-corrected chi connectivity index (χ4v) is 2.74. The van der Waals surface area contributed by atoms with Crippen molar-refractivity contribution in [3.8, 4) is 17.3 Å². The van der Waals surface area contributed by atoms with Crippen LogP contribution < -0.4 is 14.8 Å². The number of rotatable bonds is 8. The Morgan fingerprint density at radius 2 is 1.93 bits per heavy atom. The third kappa shape index (κ3) is 4.84. The number of hydrogen-bond acceptors (Lipinski definition) is 5. The lowest BCUT2D eigenvalue weighted by Crippen LogP contribution is -2.24. The first-order valence-corrected chi connectivity index (χ1v) is 8.60. The molecule has 0 unspecified atom stereocenters. The van der Waals surface area contributed by atoms with Crippen LogP contribution in [0.1, 0.15) is 17.5 Å². The van der Waals surface area contributed by atoms with E-state index in [1.54, 1.807) is 32.9 Å². The highest BCUT2D eigenvalue weighted by atomic mass is 16.5. The van der Waals surface area contributed by atoms with E-state index in [0.29, 0.717) is 30.9 Å². The van der Waals surface area contributed by atoms with E-state index in [1.807, 2.05) is 41.1 Å². The van der Waals surface area contributed by atoms with Crippen molar-refractivity contribution in [2.24, 2.45) is 0 Å². The smallest absolute Gasteiger partial charge is 0.220 e. The van der Waals surface area contributed by atoms with Gasteiger partial charge in [-0.25, -0.2) is 9.97 Å². The zero-order chi connectivity index (χ0) is 19.1. The van der Waals surface area contributed by atoms with Crippen LogP contribution in [0.15, 0.2) is 55.2 Å². The quantitative estimate of drug-likeness (QED) is 0.663. The van der Waals surface area contributed by atoms with Crippen LogP contribution in [0.25, 0.3) is 5.82 Å². The van der Waals surface area contributed by atoms with Crippen LogP contribution in [0.2, 0.25) is 0 Å². The van der Waals surface area contributed by atoms with E-state index in [2.05, 4.69) is 15.3 Å². The van der Waals surface area contributed by atoms with Crippen LogP contribution in [0, 0.1) is 0 Å². The van der Waals surface area contributed by atoms with Gasteiger partial charge in [0.15, 0.2) is 0 Å². The number of aromatic nitrogens is 3. The van der Waals surface area contributed by atoms with Crippen LogP contribution in [0.3, 0.4) is 0 Å². The van der Waals surface area contributed by atoms with Crippen molar-refractivity contribution in [1.82, 2.24) is 19.9 Å². The van der Waals surface area contributed by atoms with E-state index >= 15 is 0 Å². The van der Waals surface area contributed by atoms with Gasteiger partial charge in [-0.05, 0) is 30.2 Å². The zero-order valence-corrected chi connectivity index (χ0v) is 15.4. The number of imidazole rings is 1. The Balaban J connectivity index is 1.58. The molecule has 3 rings (SSSR count). The van der Waals surface area contributed by atoms with Gasteiger partial charge in [0, 0.05) is 43.2 Å². The van der Waals surface area contributed by atoms with E-state index in [-0.39, 0.29) is 5.91 Å². The molecule has 2 aromatic heterocycles. The number of nitrogens with one attached hydrogen (secondary N) is 1. The maximum absolute atomic E-state index is 12.3. The number of nitrogens with zero attached hydrogens (tertiary/aromatic N) is 3. The number of amides is 1. The van der Waals surface area contributed by atoms with Gasteiger partial charge >= 0.3 is 0 Å². The average Bonchev–Trinajstić information content (AvgIpc) is 3.25. The van der Waals surface area contributed by atoms with Gasteiger partial charge < -0.3 is 14.8 Å². The highest BCUT2D eigenvalue weighted by molar-refractivity contribution is 5.76. The molecule has 7 heteroatoms. The lowest BCUT2D eigenvalue weighted by molar-refractivity contribution is -0.121. The van der Waals surface area contributed by atoms with Gasteiger partial charge in [0.1, 0.15) is 23.6 Å². The molecule has 0 radical (unpaired) electrons. The summed E-state index contributed by atoms with van der Waals surface area (Å²) in [6.07, 6.45) is 7.89. The molecule has 1 aromatic carbocycles. The summed E-state index contributed by atoms with van der Waals surface area (Å²) in [5, 5.41) is 2.95. The number of pyridine rings is 1. The van der Waals surface area contributed by atoms with Crippen LogP contribution in [0.4, 0.5) is 0 Å². The summed E-state index contributed by atoms with van der Waals surface area (Å²) in [7, 11) is 3.22. The van der Waals surface area contributed by atoms with Crippen LogP contribution in [-0.4, -0.2) is 34.7 Å². The predicted molar refractivity (Wildman–Crippen MR) is 101 cm³/mol. The van der Waals surface area contributed by atoms with Crippen LogP contribution >= 0.6 is 0 Å². The second-order valence-electron chi connectivity index (χ2n) is 5.95. The lowest BCUT2D eigenvalue weighted by Gasteiger charge is -2.11. The number of aryl methyl sites for hydroxylation is 1. The molecule has 0 atom stereocenters. The molecule has 1 N–H and O–H groups in total. The Bertz CT molecular complexity index is 872. The van der Waals surface area contributed by atoms with Crippen molar-refractivity contribution in [2.75, 3.05) is 14.2 Å². The summed E-state index contributed by atoms with van der Waals surface area (Å²) in [6.45, 7) is 0.404. The first-order chi connectivity index (χ1) is 13.2. The molecule has 0 saturated carbocycles. The molecule has 140 valence electrons. The molecule has 2 heterocycles. The highest BCUT2D eigenvalue weighted by Crippen LogP contribution is 2.23. The molecule has 0 aliphatic carbocycles. The summed E-state index contributed by atoms with van der Waals surface area (Å²) in [4.78, 5) is 20.7. The second kappa shape index (κ2) is 8.84. The fraction of sp³-hybridized carbons (Fsp3) is 0.250. The van der Waals surface area contributed by atoms with Crippen molar-refractivity contribution in [1.29, 1.82) is 0 Å².